The fraction of sp³-hybridized carbons (Fsp3) is 0. The lowest BCUT2D eigenvalue weighted by Gasteiger charge is -2.18. The summed E-state index contributed by atoms with van der Waals surface area (Å²) in [5, 5.41) is 7.29. The van der Waals surface area contributed by atoms with Crippen molar-refractivity contribution in [3.8, 4) is 39.2 Å². The summed E-state index contributed by atoms with van der Waals surface area (Å²) in [6, 6.07) is 52.0. The van der Waals surface area contributed by atoms with Gasteiger partial charge in [0.05, 0.1) is 11.0 Å². The van der Waals surface area contributed by atoms with E-state index in [1.165, 1.54) is 49.2 Å². The van der Waals surface area contributed by atoms with Crippen molar-refractivity contribution >= 4 is 43.4 Å². The molecular weight excluding hydrogens is 546 g/mol. The van der Waals surface area contributed by atoms with E-state index in [4.69, 9.17) is 4.98 Å². The van der Waals surface area contributed by atoms with Gasteiger partial charge in [-0.15, -0.1) is 0 Å². The van der Waals surface area contributed by atoms with Crippen LogP contribution in [0.4, 0.5) is 0 Å². The van der Waals surface area contributed by atoms with E-state index in [9.17, 15) is 0 Å². The normalized spacial score (nSPS) is 11.6. The molecule has 0 spiro atoms. The molecule has 0 fully saturated rings. The molecule has 9 aromatic rings. The van der Waals surface area contributed by atoms with E-state index in [2.05, 4.69) is 155 Å². The predicted molar refractivity (Wildman–Crippen MR) is 188 cm³/mol. The van der Waals surface area contributed by atoms with Crippen LogP contribution in [0.3, 0.4) is 0 Å². The molecule has 6 aromatic carbocycles. The zero-order valence-corrected chi connectivity index (χ0v) is 24.4. The second kappa shape index (κ2) is 10.3. The van der Waals surface area contributed by atoms with E-state index < -0.39 is 0 Å². The molecular formula is C42H27N3. The third-order valence-corrected chi connectivity index (χ3v) is 8.93. The highest BCUT2D eigenvalue weighted by atomic mass is 15.1. The molecule has 210 valence electrons. The van der Waals surface area contributed by atoms with Crippen LogP contribution in [0, 0.1) is 0 Å². The van der Waals surface area contributed by atoms with E-state index in [1.54, 1.807) is 0 Å². The largest absolute Gasteiger partial charge is 0.294 e. The van der Waals surface area contributed by atoms with Gasteiger partial charge in [0.2, 0.25) is 0 Å². The lowest BCUT2D eigenvalue weighted by atomic mass is 9.85. The number of pyridine rings is 2. The minimum atomic E-state index is 0.888. The van der Waals surface area contributed by atoms with E-state index >= 15 is 0 Å². The number of rotatable bonds is 4. The maximum atomic E-state index is 5.02. The van der Waals surface area contributed by atoms with Gasteiger partial charge in [0.15, 0.2) is 0 Å². The first-order chi connectivity index (χ1) is 22.3. The molecule has 0 amide bonds. The Morgan fingerprint density at radius 1 is 0.378 bits per heavy atom. The van der Waals surface area contributed by atoms with Gasteiger partial charge < -0.3 is 0 Å². The number of para-hydroxylation sites is 1. The molecule has 0 N–H and O–H groups in total. The highest BCUT2D eigenvalue weighted by molar-refractivity contribution is 6.22. The molecule has 0 bridgehead atoms. The van der Waals surface area contributed by atoms with Crippen LogP contribution in [0.5, 0.6) is 0 Å². The van der Waals surface area contributed by atoms with E-state index in [0.29, 0.717) is 0 Å². The highest BCUT2D eigenvalue weighted by Gasteiger charge is 2.18. The molecule has 0 saturated heterocycles. The van der Waals surface area contributed by atoms with Gasteiger partial charge in [0.25, 0.3) is 0 Å². The van der Waals surface area contributed by atoms with Gasteiger partial charge in [-0.05, 0) is 79.7 Å². The van der Waals surface area contributed by atoms with Crippen molar-refractivity contribution in [3.05, 3.63) is 164 Å². The van der Waals surface area contributed by atoms with Crippen LogP contribution in [0.2, 0.25) is 0 Å². The predicted octanol–water partition coefficient (Wildman–Crippen LogP) is 10.9. The first-order valence-corrected chi connectivity index (χ1v) is 15.2. The average Bonchev–Trinajstić information content (AvgIpc) is 3.45. The molecule has 0 aliphatic heterocycles. The van der Waals surface area contributed by atoms with E-state index in [1.807, 2.05) is 18.6 Å². The van der Waals surface area contributed by atoms with Crippen molar-refractivity contribution in [1.29, 1.82) is 0 Å². The lowest BCUT2D eigenvalue weighted by molar-refractivity contribution is 1.08. The Balaban J connectivity index is 1.26. The van der Waals surface area contributed by atoms with Crippen LogP contribution in [-0.2, 0) is 0 Å². The zero-order chi connectivity index (χ0) is 29.7. The molecule has 0 unspecified atom stereocenters. The standard InChI is InChI=1S/C42H27N3/c1-3-11-28(12-4-1)41-33-16-7-8-17-34(33)42(29-13-5-2-6-14-29)36-25-30(19-21-35(36)41)31-20-22-40(44-26-31)45-38-18-10-9-15-32(38)37-27-43-24-23-39(37)45/h1-27H. The number of aromatic nitrogens is 3. The monoisotopic (exact) mass is 573 g/mol. The van der Waals surface area contributed by atoms with E-state index in [0.717, 1.165) is 33.4 Å². The maximum Gasteiger partial charge on any atom is 0.137 e. The van der Waals surface area contributed by atoms with Gasteiger partial charge in [-0.3, -0.25) is 9.55 Å². The Kier molecular flexibility index (Phi) is 5.82. The van der Waals surface area contributed by atoms with Gasteiger partial charge in [-0.2, -0.15) is 0 Å². The van der Waals surface area contributed by atoms with Gasteiger partial charge >= 0.3 is 0 Å². The van der Waals surface area contributed by atoms with Gasteiger partial charge in [0, 0.05) is 34.9 Å². The second-order valence-corrected chi connectivity index (χ2v) is 11.4. The summed E-state index contributed by atoms with van der Waals surface area (Å²) < 4.78 is 2.22. The zero-order valence-electron chi connectivity index (χ0n) is 24.4. The van der Waals surface area contributed by atoms with Crippen molar-refractivity contribution < 1.29 is 0 Å². The molecule has 0 aliphatic rings. The minimum absolute atomic E-state index is 0.888. The molecule has 3 nitrogen and oxygen atoms in total. The third-order valence-electron chi connectivity index (χ3n) is 8.93. The molecule has 3 heteroatoms. The fourth-order valence-electron chi connectivity index (χ4n) is 6.94. The van der Waals surface area contributed by atoms with Crippen LogP contribution in [-0.4, -0.2) is 14.5 Å². The van der Waals surface area contributed by atoms with Gasteiger partial charge in [-0.25, -0.2) is 4.98 Å². The van der Waals surface area contributed by atoms with Gasteiger partial charge in [-0.1, -0.05) is 115 Å². The highest BCUT2D eigenvalue weighted by Crippen LogP contribution is 2.44. The number of hydrogen-bond donors (Lipinski definition) is 0. The minimum Gasteiger partial charge on any atom is -0.294 e. The van der Waals surface area contributed by atoms with Crippen LogP contribution in [0.25, 0.3) is 82.5 Å². The van der Waals surface area contributed by atoms with Crippen molar-refractivity contribution in [3.63, 3.8) is 0 Å². The Hall–Kier alpha value is -6.06. The Morgan fingerprint density at radius 3 is 1.64 bits per heavy atom. The molecule has 0 aliphatic carbocycles. The smallest absolute Gasteiger partial charge is 0.137 e. The third kappa shape index (κ3) is 4.05. The molecule has 0 radical (unpaired) electrons. The SMILES string of the molecule is c1ccc(-c2c3ccccc3c(-c3ccccc3)c3cc(-c4ccc(-n5c6ccccc6c6cnccc65)nc4)ccc23)cc1. The van der Waals surface area contributed by atoms with Crippen LogP contribution < -0.4 is 0 Å². The number of fused-ring (bicyclic) bond motifs is 5. The second-order valence-electron chi connectivity index (χ2n) is 11.4. The molecule has 0 atom stereocenters. The summed E-state index contributed by atoms with van der Waals surface area (Å²) in [5.74, 6) is 0.888. The fourth-order valence-corrected chi connectivity index (χ4v) is 6.94. The molecule has 0 saturated carbocycles. The summed E-state index contributed by atoms with van der Waals surface area (Å²) in [7, 11) is 0. The van der Waals surface area contributed by atoms with Crippen LogP contribution in [0.15, 0.2) is 164 Å². The summed E-state index contributed by atoms with van der Waals surface area (Å²) in [4.78, 5) is 9.40. The van der Waals surface area contributed by atoms with Crippen molar-refractivity contribution in [2.24, 2.45) is 0 Å². The number of hydrogen-bond acceptors (Lipinski definition) is 2. The van der Waals surface area contributed by atoms with Crippen molar-refractivity contribution in [2.75, 3.05) is 0 Å². The lowest BCUT2D eigenvalue weighted by Crippen LogP contribution is -1.97. The quantitative estimate of drug-likeness (QED) is 0.196. The summed E-state index contributed by atoms with van der Waals surface area (Å²) in [6.45, 7) is 0. The molecule has 3 heterocycles. The Morgan fingerprint density at radius 2 is 0.956 bits per heavy atom. The van der Waals surface area contributed by atoms with E-state index in [-0.39, 0.29) is 0 Å². The van der Waals surface area contributed by atoms with Crippen molar-refractivity contribution in [2.45, 2.75) is 0 Å². The molecule has 45 heavy (non-hydrogen) atoms. The Labute approximate surface area is 260 Å². The van der Waals surface area contributed by atoms with Crippen molar-refractivity contribution in [1.82, 2.24) is 14.5 Å². The first kappa shape index (κ1) is 25.4. The van der Waals surface area contributed by atoms with Gasteiger partial charge in [0.1, 0.15) is 5.82 Å². The molecule has 9 rings (SSSR count). The number of benzene rings is 6. The summed E-state index contributed by atoms with van der Waals surface area (Å²) >= 11 is 0. The maximum absolute atomic E-state index is 5.02. The molecule has 3 aromatic heterocycles. The first-order valence-electron chi connectivity index (χ1n) is 15.2. The Bertz CT molecular complexity index is 2460. The summed E-state index contributed by atoms with van der Waals surface area (Å²) in [5.41, 5.74) is 9.40. The topological polar surface area (TPSA) is 30.7 Å². The van der Waals surface area contributed by atoms with Crippen LogP contribution >= 0.6 is 0 Å². The number of nitrogens with zero attached hydrogens (tertiary/aromatic N) is 3. The van der Waals surface area contributed by atoms with Crippen LogP contribution in [0.1, 0.15) is 0 Å². The average molecular weight is 574 g/mol. The summed E-state index contributed by atoms with van der Waals surface area (Å²) in [6.07, 6.45) is 5.79.